The van der Waals surface area contributed by atoms with Gasteiger partial charge in [0.25, 0.3) is 5.91 Å². The monoisotopic (exact) mass is 341 g/mol. The minimum atomic E-state index is -0.480. The molecule has 19 heavy (non-hydrogen) atoms. The quantitative estimate of drug-likeness (QED) is 0.800. The molecule has 0 aliphatic rings. The van der Waals surface area contributed by atoms with E-state index in [1.54, 1.807) is 11.3 Å². The Hall–Kier alpha value is -1.53. The molecule has 0 aliphatic carbocycles. The molecule has 0 fully saturated rings. The fourth-order valence-corrected chi connectivity index (χ4v) is 3.12. The van der Waals surface area contributed by atoms with E-state index in [9.17, 15) is 15.0 Å². The van der Waals surface area contributed by atoms with Crippen LogP contribution in [0.4, 0.5) is 0 Å². The van der Waals surface area contributed by atoms with Gasteiger partial charge in [-0.3, -0.25) is 4.79 Å². The second-order valence-electron chi connectivity index (χ2n) is 3.88. The predicted octanol–water partition coefficient (Wildman–Crippen LogP) is 2.89. The number of carbonyl (C=O) groups is 1. The summed E-state index contributed by atoms with van der Waals surface area (Å²) in [6.45, 7) is 0.444. The van der Waals surface area contributed by atoms with Gasteiger partial charge in [-0.2, -0.15) is 0 Å². The Bertz CT molecular complexity index is 577. The van der Waals surface area contributed by atoms with Gasteiger partial charge in [0, 0.05) is 11.4 Å². The van der Waals surface area contributed by atoms with Crippen molar-refractivity contribution in [2.75, 3.05) is 6.54 Å². The molecule has 6 heteroatoms. The first-order valence-electron chi connectivity index (χ1n) is 5.61. The number of benzene rings is 1. The van der Waals surface area contributed by atoms with Crippen LogP contribution in [0.3, 0.4) is 0 Å². The summed E-state index contributed by atoms with van der Waals surface area (Å²) in [5.41, 5.74) is -0.0881. The van der Waals surface area contributed by atoms with Crippen molar-refractivity contribution in [1.82, 2.24) is 5.32 Å². The van der Waals surface area contributed by atoms with E-state index in [1.165, 1.54) is 18.2 Å². The topological polar surface area (TPSA) is 69.6 Å². The van der Waals surface area contributed by atoms with Crippen LogP contribution < -0.4 is 5.32 Å². The van der Waals surface area contributed by atoms with E-state index in [4.69, 9.17) is 0 Å². The highest BCUT2D eigenvalue weighted by Crippen LogP contribution is 2.26. The molecule has 0 saturated heterocycles. The summed E-state index contributed by atoms with van der Waals surface area (Å²) >= 11 is 4.98. The Kier molecular flexibility index (Phi) is 4.44. The average molecular weight is 342 g/mol. The third-order valence-corrected chi connectivity index (χ3v) is 4.22. The molecule has 0 saturated carbocycles. The van der Waals surface area contributed by atoms with Crippen molar-refractivity contribution in [1.29, 1.82) is 0 Å². The van der Waals surface area contributed by atoms with Crippen molar-refractivity contribution in [3.63, 3.8) is 0 Å². The van der Waals surface area contributed by atoms with Crippen LogP contribution >= 0.6 is 27.3 Å². The number of thiophene rings is 1. The van der Waals surface area contributed by atoms with Gasteiger partial charge in [0.1, 0.15) is 17.1 Å². The smallest absolute Gasteiger partial charge is 0.258 e. The summed E-state index contributed by atoms with van der Waals surface area (Å²) in [4.78, 5) is 13.0. The number of hydrogen-bond donors (Lipinski definition) is 3. The van der Waals surface area contributed by atoms with Gasteiger partial charge >= 0.3 is 0 Å². The van der Waals surface area contributed by atoms with Gasteiger partial charge in [-0.05, 0) is 46.6 Å². The van der Waals surface area contributed by atoms with E-state index >= 15 is 0 Å². The van der Waals surface area contributed by atoms with Gasteiger partial charge in [-0.25, -0.2) is 0 Å². The fraction of sp³-hybridized carbons (Fsp3) is 0.154. The van der Waals surface area contributed by atoms with Crippen molar-refractivity contribution in [3.8, 4) is 11.5 Å². The van der Waals surface area contributed by atoms with E-state index < -0.39 is 5.91 Å². The maximum atomic E-state index is 11.8. The van der Waals surface area contributed by atoms with Crippen molar-refractivity contribution >= 4 is 33.2 Å². The van der Waals surface area contributed by atoms with Crippen molar-refractivity contribution < 1.29 is 15.0 Å². The van der Waals surface area contributed by atoms with E-state index in [-0.39, 0.29) is 17.1 Å². The number of phenolic OH excluding ortho intramolecular Hbond substituents is 2. The van der Waals surface area contributed by atoms with E-state index in [1.807, 2.05) is 12.1 Å². The SMILES string of the molecule is O=C(NCCc1ccc(Br)s1)c1c(O)cccc1O. The third kappa shape index (κ3) is 3.48. The molecular weight excluding hydrogens is 330 g/mol. The Morgan fingerprint density at radius 1 is 1.21 bits per heavy atom. The highest BCUT2D eigenvalue weighted by Gasteiger charge is 2.15. The van der Waals surface area contributed by atoms with E-state index in [2.05, 4.69) is 21.2 Å². The summed E-state index contributed by atoms with van der Waals surface area (Å²) in [5, 5.41) is 21.8. The molecule has 3 N–H and O–H groups in total. The summed E-state index contributed by atoms with van der Waals surface area (Å²) in [7, 11) is 0. The molecule has 1 heterocycles. The highest BCUT2D eigenvalue weighted by molar-refractivity contribution is 9.11. The average Bonchev–Trinajstić information content (AvgIpc) is 2.75. The summed E-state index contributed by atoms with van der Waals surface area (Å²) in [6, 6.07) is 8.15. The van der Waals surface area contributed by atoms with Crippen LogP contribution in [0.1, 0.15) is 15.2 Å². The van der Waals surface area contributed by atoms with Gasteiger partial charge in [-0.1, -0.05) is 6.07 Å². The highest BCUT2D eigenvalue weighted by atomic mass is 79.9. The van der Waals surface area contributed by atoms with Crippen LogP contribution in [0.15, 0.2) is 34.1 Å². The van der Waals surface area contributed by atoms with Crippen molar-refractivity contribution in [2.24, 2.45) is 0 Å². The van der Waals surface area contributed by atoms with Crippen LogP contribution in [0.25, 0.3) is 0 Å². The number of hydrogen-bond acceptors (Lipinski definition) is 4. The predicted molar refractivity (Wildman–Crippen MR) is 77.8 cm³/mol. The normalized spacial score (nSPS) is 10.4. The Morgan fingerprint density at radius 3 is 2.47 bits per heavy atom. The number of halogens is 1. The van der Waals surface area contributed by atoms with Crippen molar-refractivity contribution in [3.05, 3.63) is 44.6 Å². The summed E-state index contributed by atoms with van der Waals surface area (Å²) in [5.74, 6) is -0.932. The standard InChI is InChI=1S/C13H12BrNO3S/c14-11-5-4-8(19-11)6-7-15-13(18)12-9(16)2-1-3-10(12)17/h1-5,16-17H,6-7H2,(H,15,18). The van der Waals surface area contributed by atoms with Gasteiger partial charge in [0.05, 0.1) is 3.79 Å². The van der Waals surface area contributed by atoms with E-state index in [0.29, 0.717) is 13.0 Å². The Labute approximate surface area is 122 Å². The molecule has 1 aromatic carbocycles. The minimum Gasteiger partial charge on any atom is -0.507 e. The molecule has 0 bridgehead atoms. The lowest BCUT2D eigenvalue weighted by Gasteiger charge is -2.07. The zero-order valence-corrected chi connectivity index (χ0v) is 12.3. The number of aromatic hydroxyl groups is 2. The molecule has 100 valence electrons. The van der Waals surface area contributed by atoms with Crippen LogP contribution in [0, 0.1) is 0 Å². The first-order chi connectivity index (χ1) is 9.08. The fourth-order valence-electron chi connectivity index (χ4n) is 1.63. The van der Waals surface area contributed by atoms with Gasteiger partial charge < -0.3 is 15.5 Å². The van der Waals surface area contributed by atoms with Crippen molar-refractivity contribution in [2.45, 2.75) is 6.42 Å². The first kappa shape index (κ1) is 13.9. The molecule has 2 aromatic rings. The van der Waals surface area contributed by atoms with Crippen LogP contribution in [0.5, 0.6) is 11.5 Å². The van der Waals surface area contributed by atoms with E-state index in [0.717, 1.165) is 8.66 Å². The second-order valence-corrected chi connectivity index (χ2v) is 6.43. The van der Waals surface area contributed by atoms with Crippen LogP contribution in [-0.4, -0.2) is 22.7 Å². The molecule has 2 rings (SSSR count). The number of carbonyl (C=O) groups excluding carboxylic acids is 1. The number of amides is 1. The minimum absolute atomic E-state index is 0.0881. The van der Waals surface area contributed by atoms with Crippen LogP contribution in [0.2, 0.25) is 0 Å². The molecule has 1 amide bonds. The van der Waals surface area contributed by atoms with Gasteiger partial charge in [0.15, 0.2) is 0 Å². The Balaban J connectivity index is 1.94. The largest absolute Gasteiger partial charge is 0.507 e. The molecule has 1 aromatic heterocycles. The molecular formula is C13H12BrNO3S. The number of phenols is 2. The van der Waals surface area contributed by atoms with Gasteiger partial charge in [-0.15, -0.1) is 11.3 Å². The maximum absolute atomic E-state index is 11.8. The molecule has 0 atom stereocenters. The number of rotatable bonds is 4. The number of nitrogens with one attached hydrogen (secondary N) is 1. The lowest BCUT2D eigenvalue weighted by molar-refractivity contribution is 0.0949. The first-order valence-corrected chi connectivity index (χ1v) is 7.22. The zero-order chi connectivity index (χ0) is 13.8. The summed E-state index contributed by atoms with van der Waals surface area (Å²) in [6.07, 6.45) is 0.705. The lowest BCUT2D eigenvalue weighted by atomic mass is 10.1. The molecule has 0 spiro atoms. The second kappa shape index (κ2) is 6.08. The lowest BCUT2D eigenvalue weighted by Crippen LogP contribution is -2.25. The molecule has 4 nitrogen and oxygen atoms in total. The zero-order valence-electron chi connectivity index (χ0n) is 9.89. The van der Waals surface area contributed by atoms with Crippen LogP contribution in [-0.2, 0) is 6.42 Å². The summed E-state index contributed by atoms with van der Waals surface area (Å²) < 4.78 is 1.05. The maximum Gasteiger partial charge on any atom is 0.258 e. The Morgan fingerprint density at radius 2 is 1.89 bits per heavy atom. The molecule has 0 radical (unpaired) electrons. The molecule has 0 aliphatic heterocycles. The molecule has 0 unspecified atom stereocenters. The van der Waals surface area contributed by atoms with Gasteiger partial charge in [0.2, 0.25) is 0 Å². The third-order valence-electron chi connectivity index (χ3n) is 2.53.